The lowest BCUT2D eigenvalue weighted by atomic mass is 10.0. The summed E-state index contributed by atoms with van der Waals surface area (Å²) in [5.41, 5.74) is 1.18. The Morgan fingerprint density at radius 2 is 2.10 bits per heavy atom. The Bertz CT molecular complexity index is 532. The predicted molar refractivity (Wildman–Crippen MR) is 73.9 cm³/mol. The highest BCUT2D eigenvalue weighted by atomic mass is 16.4. The molecule has 0 saturated heterocycles. The van der Waals surface area contributed by atoms with Crippen molar-refractivity contribution in [1.29, 1.82) is 5.26 Å². The molecule has 106 valence electrons. The van der Waals surface area contributed by atoms with Crippen LogP contribution in [0, 0.1) is 17.2 Å². The molecule has 5 nitrogen and oxygen atoms in total. The molecule has 1 rings (SSSR count). The fraction of sp³-hybridized carbons (Fsp3) is 0.400. The van der Waals surface area contributed by atoms with Gasteiger partial charge in [-0.15, -0.1) is 0 Å². The fourth-order valence-corrected chi connectivity index (χ4v) is 1.83. The highest BCUT2D eigenvalue weighted by Crippen LogP contribution is 2.08. The van der Waals surface area contributed by atoms with Gasteiger partial charge in [0.2, 0.25) is 5.91 Å². The second-order valence-electron chi connectivity index (χ2n) is 5.07. The van der Waals surface area contributed by atoms with E-state index in [9.17, 15) is 9.59 Å². The number of carboxylic acid groups (broad SMARTS) is 1. The molecule has 0 aliphatic rings. The molecule has 20 heavy (non-hydrogen) atoms. The molecule has 0 fully saturated rings. The summed E-state index contributed by atoms with van der Waals surface area (Å²) in [7, 11) is 0. The monoisotopic (exact) mass is 274 g/mol. The molecular formula is C15H18N2O3. The lowest BCUT2D eigenvalue weighted by molar-refractivity contribution is -0.141. The van der Waals surface area contributed by atoms with E-state index >= 15 is 0 Å². The van der Waals surface area contributed by atoms with Crippen LogP contribution < -0.4 is 5.32 Å². The van der Waals surface area contributed by atoms with Crippen molar-refractivity contribution in [2.75, 3.05) is 0 Å². The number of amides is 1. The maximum atomic E-state index is 11.7. The number of nitrogens with zero attached hydrogens (tertiary/aromatic N) is 1. The van der Waals surface area contributed by atoms with Gasteiger partial charge in [-0.3, -0.25) is 4.79 Å². The zero-order chi connectivity index (χ0) is 15.1. The SMILES string of the molecule is CC(C)CC(=O)N[C@@H](Cc1cccc(C#N)c1)C(=O)O. The number of nitrogens with one attached hydrogen (secondary N) is 1. The molecule has 0 aromatic heterocycles. The van der Waals surface area contributed by atoms with Crippen molar-refractivity contribution in [3.05, 3.63) is 35.4 Å². The lowest BCUT2D eigenvalue weighted by Gasteiger charge is -2.15. The molecule has 0 heterocycles. The van der Waals surface area contributed by atoms with Gasteiger partial charge in [0.15, 0.2) is 0 Å². The van der Waals surface area contributed by atoms with E-state index in [0.717, 1.165) is 0 Å². The average molecular weight is 274 g/mol. The minimum absolute atomic E-state index is 0.161. The summed E-state index contributed by atoms with van der Waals surface area (Å²) in [4.78, 5) is 22.9. The number of hydrogen-bond donors (Lipinski definition) is 2. The minimum atomic E-state index is -1.08. The van der Waals surface area contributed by atoms with E-state index in [1.54, 1.807) is 24.3 Å². The van der Waals surface area contributed by atoms with Crippen LogP contribution in [0.15, 0.2) is 24.3 Å². The third kappa shape index (κ3) is 5.11. The van der Waals surface area contributed by atoms with Gasteiger partial charge >= 0.3 is 5.97 Å². The molecular weight excluding hydrogens is 256 g/mol. The third-order valence-corrected chi connectivity index (χ3v) is 2.72. The van der Waals surface area contributed by atoms with Crippen LogP contribution in [-0.2, 0) is 16.0 Å². The first kappa shape index (κ1) is 15.7. The molecule has 1 amide bonds. The van der Waals surface area contributed by atoms with Crippen LogP contribution in [0.1, 0.15) is 31.4 Å². The Kier molecular flexibility index (Phi) is 5.73. The van der Waals surface area contributed by atoms with Crippen LogP contribution >= 0.6 is 0 Å². The first-order valence-corrected chi connectivity index (χ1v) is 6.43. The van der Waals surface area contributed by atoms with Gasteiger partial charge in [0, 0.05) is 12.8 Å². The minimum Gasteiger partial charge on any atom is -0.480 e. The quantitative estimate of drug-likeness (QED) is 0.826. The van der Waals surface area contributed by atoms with Crippen molar-refractivity contribution in [3.63, 3.8) is 0 Å². The van der Waals surface area contributed by atoms with E-state index in [0.29, 0.717) is 17.5 Å². The van der Waals surface area contributed by atoms with Gasteiger partial charge in [-0.1, -0.05) is 26.0 Å². The van der Waals surface area contributed by atoms with Crippen molar-refractivity contribution in [3.8, 4) is 6.07 Å². The van der Waals surface area contributed by atoms with E-state index in [4.69, 9.17) is 10.4 Å². The molecule has 0 saturated carbocycles. The first-order chi connectivity index (χ1) is 9.42. The number of hydrogen-bond acceptors (Lipinski definition) is 3. The largest absolute Gasteiger partial charge is 0.480 e. The maximum Gasteiger partial charge on any atom is 0.326 e. The van der Waals surface area contributed by atoms with E-state index in [2.05, 4.69) is 5.32 Å². The van der Waals surface area contributed by atoms with Crippen molar-refractivity contribution in [2.24, 2.45) is 5.92 Å². The zero-order valence-electron chi connectivity index (χ0n) is 11.6. The Balaban J connectivity index is 2.75. The molecule has 1 aromatic carbocycles. The van der Waals surface area contributed by atoms with Crippen molar-refractivity contribution in [1.82, 2.24) is 5.32 Å². The number of carbonyl (C=O) groups excluding carboxylic acids is 1. The summed E-state index contributed by atoms with van der Waals surface area (Å²) in [5.74, 6) is -1.18. The van der Waals surface area contributed by atoms with Crippen molar-refractivity contribution in [2.45, 2.75) is 32.7 Å². The summed E-state index contributed by atoms with van der Waals surface area (Å²) >= 11 is 0. The Hall–Kier alpha value is -2.35. The van der Waals surface area contributed by atoms with Crippen LogP contribution in [0.3, 0.4) is 0 Å². The Morgan fingerprint density at radius 3 is 2.65 bits per heavy atom. The van der Waals surface area contributed by atoms with Crippen LogP contribution in [0.2, 0.25) is 0 Å². The normalized spacial score (nSPS) is 11.7. The number of rotatable bonds is 6. The van der Waals surface area contributed by atoms with Gasteiger partial charge in [-0.05, 0) is 23.6 Å². The summed E-state index contributed by atoms with van der Waals surface area (Å²) in [6.07, 6.45) is 0.455. The standard InChI is InChI=1S/C15H18N2O3/c1-10(2)6-14(18)17-13(15(19)20)8-11-4-3-5-12(7-11)9-16/h3-5,7,10,13H,6,8H2,1-2H3,(H,17,18)(H,19,20)/t13-/m0/s1. The van der Waals surface area contributed by atoms with E-state index < -0.39 is 12.0 Å². The molecule has 1 aromatic rings. The van der Waals surface area contributed by atoms with Crippen LogP contribution in [-0.4, -0.2) is 23.0 Å². The number of nitriles is 1. The summed E-state index contributed by atoms with van der Waals surface area (Å²) in [6.45, 7) is 3.79. The molecule has 0 unspecified atom stereocenters. The average Bonchev–Trinajstić information content (AvgIpc) is 2.37. The highest BCUT2D eigenvalue weighted by molar-refractivity contribution is 5.83. The molecule has 1 atom stereocenters. The van der Waals surface area contributed by atoms with Crippen LogP contribution in [0.25, 0.3) is 0 Å². The highest BCUT2D eigenvalue weighted by Gasteiger charge is 2.20. The maximum absolute atomic E-state index is 11.7. The third-order valence-electron chi connectivity index (χ3n) is 2.72. The first-order valence-electron chi connectivity index (χ1n) is 6.43. The van der Waals surface area contributed by atoms with E-state index in [1.807, 2.05) is 19.9 Å². The predicted octanol–water partition coefficient (Wildman–Crippen LogP) is 1.72. The molecule has 5 heteroatoms. The van der Waals surface area contributed by atoms with Gasteiger partial charge in [-0.25, -0.2) is 4.79 Å². The zero-order valence-corrected chi connectivity index (χ0v) is 11.6. The summed E-state index contributed by atoms with van der Waals surface area (Å²) in [5, 5.41) is 20.5. The summed E-state index contributed by atoms with van der Waals surface area (Å²) < 4.78 is 0. The van der Waals surface area contributed by atoms with Crippen molar-refractivity contribution >= 4 is 11.9 Å². The number of benzene rings is 1. The number of carboxylic acids is 1. The second kappa shape index (κ2) is 7.29. The smallest absolute Gasteiger partial charge is 0.326 e. The molecule has 0 bridgehead atoms. The molecule has 0 radical (unpaired) electrons. The molecule has 2 N–H and O–H groups in total. The second-order valence-corrected chi connectivity index (χ2v) is 5.07. The van der Waals surface area contributed by atoms with Crippen LogP contribution in [0.5, 0.6) is 0 Å². The Labute approximate surface area is 118 Å². The summed E-state index contributed by atoms with van der Waals surface area (Å²) in [6, 6.07) is 7.74. The molecule has 0 aliphatic carbocycles. The Morgan fingerprint density at radius 1 is 1.40 bits per heavy atom. The fourth-order valence-electron chi connectivity index (χ4n) is 1.83. The topological polar surface area (TPSA) is 90.2 Å². The van der Waals surface area contributed by atoms with Gasteiger partial charge in [-0.2, -0.15) is 5.26 Å². The van der Waals surface area contributed by atoms with E-state index in [-0.39, 0.29) is 18.2 Å². The van der Waals surface area contributed by atoms with Crippen LogP contribution in [0.4, 0.5) is 0 Å². The molecule has 0 aliphatic heterocycles. The van der Waals surface area contributed by atoms with Gasteiger partial charge in [0.1, 0.15) is 6.04 Å². The van der Waals surface area contributed by atoms with E-state index in [1.165, 1.54) is 0 Å². The number of carbonyl (C=O) groups is 2. The molecule has 0 spiro atoms. The number of aliphatic carboxylic acids is 1. The van der Waals surface area contributed by atoms with Gasteiger partial charge in [0.05, 0.1) is 11.6 Å². The van der Waals surface area contributed by atoms with Gasteiger partial charge in [0.25, 0.3) is 0 Å². The van der Waals surface area contributed by atoms with Crippen molar-refractivity contribution < 1.29 is 14.7 Å². The lowest BCUT2D eigenvalue weighted by Crippen LogP contribution is -2.42. The van der Waals surface area contributed by atoms with Gasteiger partial charge < -0.3 is 10.4 Å².